The van der Waals surface area contributed by atoms with Gasteiger partial charge in [-0.15, -0.1) is 0 Å². The van der Waals surface area contributed by atoms with E-state index in [0.717, 1.165) is 12.4 Å². The van der Waals surface area contributed by atoms with Crippen LogP contribution in [0.5, 0.6) is 0 Å². The van der Waals surface area contributed by atoms with Crippen molar-refractivity contribution in [1.82, 2.24) is 15.2 Å². The van der Waals surface area contributed by atoms with Crippen LogP contribution in [0.2, 0.25) is 0 Å². The summed E-state index contributed by atoms with van der Waals surface area (Å²) in [6.07, 6.45) is 4.46. The van der Waals surface area contributed by atoms with Crippen LogP contribution >= 0.6 is 0 Å². The first-order chi connectivity index (χ1) is 9.06. The molecule has 0 unspecified atom stereocenters. The summed E-state index contributed by atoms with van der Waals surface area (Å²) in [5.41, 5.74) is 1.18. The second-order valence-electron chi connectivity index (χ2n) is 5.32. The maximum atomic E-state index is 11.6. The van der Waals surface area contributed by atoms with E-state index in [4.69, 9.17) is 0 Å². The maximum absolute atomic E-state index is 11.6. The highest BCUT2D eigenvalue weighted by atomic mass is 16.2. The Kier molecular flexibility index (Phi) is 4.37. The molecule has 1 aromatic heterocycles. The predicted molar refractivity (Wildman–Crippen MR) is 76.1 cm³/mol. The standard InChI is InChI=1S/C14H22N4O/c1-17(2)14(19)10-18(3)13-7-4-11(9-16-13)8-15-12-5-6-12/h4,7,9,12,15H,5-6,8,10H2,1-3H3. The molecule has 0 aliphatic heterocycles. The Hall–Kier alpha value is -1.62. The quantitative estimate of drug-likeness (QED) is 0.826. The first-order valence-corrected chi connectivity index (χ1v) is 6.66. The van der Waals surface area contributed by atoms with E-state index in [-0.39, 0.29) is 5.91 Å². The summed E-state index contributed by atoms with van der Waals surface area (Å²) in [6.45, 7) is 1.22. The molecule has 0 spiro atoms. The van der Waals surface area contributed by atoms with E-state index >= 15 is 0 Å². The number of rotatable bonds is 6. The van der Waals surface area contributed by atoms with Gasteiger partial charge >= 0.3 is 0 Å². The van der Waals surface area contributed by atoms with E-state index in [1.807, 2.05) is 24.2 Å². The monoisotopic (exact) mass is 262 g/mol. The van der Waals surface area contributed by atoms with Crippen molar-refractivity contribution in [3.8, 4) is 0 Å². The predicted octanol–water partition coefficient (Wildman–Crippen LogP) is 0.858. The van der Waals surface area contributed by atoms with Crippen LogP contribution in [0.25, 0.3) is 0 Å². The second-order valence-corrected chi connectivity index (χ2v) is 5.32. The van der Waals surface area contributed by atoms with Crippen LogP contribution in [0.15, 0.2) is 18.3 Å². The van der Waals surface area contributed by atoms with Gasteiger partial charge < -0.3 is 15.1 Å². The Morgan fingerprint density at radius 3 is 2.63 bits per heavy atom. The topological polar surface area (TPSA) is 48.5 Å². The molecular formula is C14H22N4O. The zero-order valence-corrected chi connectivity index (χ0v) is 11.9. The minimum absolute atomic E-state index is 0.0729. The molecule has 104 valence electrons. The van der Waals surface area contributed by atoms with E-state index in [1.54, 1.807) is 19.0 Å². The fraction of sp³-hybridized carbons (Fsp3) is 0.571. The van der Waals surface area contributed by atoms with Gasteiger partial charge in [0.2, 0.25) is 5.91 Å². The van der Waals surface area contributed by atoms with Crippen molar-refractivity contribution in [3.63, 3.8) is 0 Å². The van der Waals surface area contributed by atoms with E-state index in [9.17, 15) is 4.79 Å². The molecule has 1 amide bonds. The van der Waals surface area contributed by atoms with E-state index < -0.39 is 0 Å². The molecule has 0 bridgehead atoms. The van der Waals surface area contributed by atoms with Crippen LogP contribution in [-0.4, -0.2) is 49.5 Å². The number of hydrogen-bond acceptors (Lipinski definition) is 4. The molecule has 1 N–H and O–H groups in total. The van der Waals surface area contributed by atoms with Gasteiger partial charge in [0.05, 0.1) is 6.54 Å². The third-order valence-corrected chi connectivity index (χ3v) is 3.24. The number of pyridine rings is 1. The van der Waals surface area contributed by atoms with Gasteiger partial charge in [-0.25, -0.2) is 4.98 Å². The SMILES string of the molecule is CN(C)C(=O)CN(C)c1ccc(CNC2CC2)cn1. The molecule has 5 heteroatoms. The zero-order chi connectivity index (χ0) is 13.8. The molecule has 0 saturated heterocycles. The summed E-state index contributed by atoms with van der Waals surface area (Å²) >= 11 is 0. The number of nitrogens with zero attached hydrogens (tertiary/aromatic N) is 3. The number of carbonyl (C=O) groups is 1. The first kappa shape index (κ1) is 13.8. The number of anilines is 1. The highest BCUT2D eigenvalue weighted by Crippen LogP contribution is 2.19. The Morgan fingerprint density at radius 2 is 2.11 bits per heavy atom. The molecule has 0 aromatic carbocycles. The van der Waals surface area contributed by atoms with Crippen LogP contribution in [0, 0.1) is 0 Å². The number of carbonyl (C=O) groups excluding carboxylic acids is 1. The molecule has 0 atom stereocenters. The molecule has 1 heterocycles. The zero-order valence-electron chi connectivity index (χ0n) is 11.9. The van der Waals surface area contributed by atoms with Crippen molar-refractivity contribution in [3.05, 3.63) is 23.9 Å². The molecule has 19 heavy (non-hydrogen) atoms. The lowest BCUT2D eigenvalue weighted by molar-refractivity contribution is -0.127. The van der Waals surface area contributed by atoms with Crippen molar-refractivity contribution in [1.29, 1.82) is 0 Å². The van der Waals surface area contributed by atoms with Gasteiger partial charge in [0.25, 0.3) is 0 Å². The van der Waals surface area contributed by atoms with E-state index in [2.05, 4.69) is 16.4 Å². The summed E-state index contributed by atoms with van der Waals surface area (Å²) in [6, 6.07) is 4.74. The van der Waals surface area contributed by atoms with Gasteiger partial charge in [0.1, 0.15) is 5.82 Å². The molecular weight excluding hydrogens is 240 g/mol. The Bertz CT molecular complexity index is 426. The summed E-state index contributed by atoms with van der Waals surface area (Å²) in [5.74, 6) is 0.897. The van der Waals surface area contributed by atoms with Crippen molar-refractivity contribution in [2.45, 2.75) is 25.4 Å². The molecule has 1 aliphatic carbocycles. The van der Waals surface area contributed by atoms with Crippen molar-refractivity contribution < 1.29 is 4.79 Å². The van der Waals surface area contributed by atoms with Crippen molar-refractivity contribution in [2.24, 2.45) is 0 Å². The van der Waals surface area contributed by atoms with Gasteiger partial charge in [-0.2, -0.15) is 0 Å². The Labute approximate surface area is 114 Å². The van der Waals surface area contributed by atoms with Crippen molar-refractivity contribution >= 4 is 11.7 Å². The average Bonchev–Trinajstić information content (AvgIpc) is 3.20. The number of amides is 1. The minimum atomic E-state index is 0.0729. The molecule has 1 fully saturated rings. The highest BCUT2D eigenvalue weighted by Gasteiger charge is 2.19. The number of hydrogen-bond donors (Lipinski definition) is 1. The van der Waals surface area contributed by atoms with Crippen LogP contribution in [0.1, 0.15) is 18.4 Å². The summed E-state index contributed by atoms with van der Waals surface area (Å²) in [5, 5.41) is 3.45. The average molecular weight is 262 g/mol. The second kappa shape index (κ2) is 6.02. The van der Waals surface area contributed by atoms with Gasteiger partial charge in [0, 0.05) is 39.9 Å². The summed E-state index contributed by atoms with van der Waals surface area (Å²) in [7, 11) is 5.40. The minimum Gasteiger partial charge on any atom is -0.350 e. The van der Waals surface area contributed by atoms with Crippen LogP contribution in [0.3, 0.4) is 0 Å². The lowest BCUT2D eigenvalue weighted by atomic mass is 10.2. The molecule has 5 nitrogen and oxygen atoms in total. The van der Waals surface area contributed by atoms with Crippen LogP contribution < -0.4 is 10.2 Å². The van der Waals surface area contributed by atoms with Crippen molar-refractivity contribution in [2.75, 3.05) is 32.6 Å². The Morgan fingerprint density at radius 1 is 1.37 bits per heavy atom. The molecule has 1 aliphatic rings. The first-order valence-electron chi connectivity index (χ1n) is 6.66. The molecule has 1 saturated carbocycles. The normalized spacial score (nSPS) is 14.3. The summed E-state index contributed by atoms with van der Waals surface area (Å²) in [4.78, 5) is 19.5. The smallest absolute Gasteiger partial charge is 0.241 e. The number of nitrogens with one attached hydrogen (secondary N) is 1. The van der Waals surface area contributed by atoms with Gasteiger partial charge in [-0.1, -0.05) is 6.07 Å². The number of likely N-dealkylation sites (N-methyl/N-ethyl adjacent to an activating group) is 2. The third-order valence-electron chi connectivity index (χ3n) is 3.24. The summed E-state index contributed by atoms with van der Waals surface area (Å²) < 4.78 is 0. The molecule has 1 aromatic rings. The van der Waals surface area contributed by atoms with Gasteiger partial charge in [0.15, 0.2) is 0 Å². The van der Waals surface area contributed by atoms with Gasteiger partial charge in [-0.05, 0) is 24.5 Å². The van der Waals surface area contributed by atoms with Gasteiger partial charge in [-0.3, -0.25) is 4.79 Å². The fourth-order valence-corrected chi connectivity index (χ4v) is 1.72. The van der Waals surface area contributed by atoms with Crippen LogP contribution in [0.4, 0.5) is 5.82 Å². The van der Waals surface area contributed by atoms with E-state index in [0.29, 0.717) is 12.6 Å². The molecule has 2 rings (SSSR count). The van der Waals surface area contributed by atoms with Crippen LogP contribution in [-0.2, 0) is 11.3 Å². The fourth-order valence-electron chi connectivity index (χ4n) is 1.72. The van der Waals surface area contributed by atoms with E-state index in [1.165, 1.54) is 18.4 Å². The largest absolute Gasteiger partial charge is 0.350 e. The Balaban J connectivity index is 1.87. The third kappa shape index (κ3) is 4.21. The molecule has 0 radical (unpaired) electrons. The lowest BCUT2D eigenvalue weighted by Gasteiger charge is -2.20. The lowest BCUT2D eigenvalue weighted by Crippen LogP contribution is -2.34. The number of aromatic nitrogens is 1. The maximum Gasteiger partial charge on any atom is 0.241 e. The highest BCUT2D eigenvalue weighted by molar-refractivity contribution is 5.80.